The van der Waals surface area contributed by atoms with Crippen molar-refractivity contribution in [2.75, 3.05) is 43.6 Å². The summed E-state index contributed by atoms with van der Waals surface area (Å²) in [7, 11) is 0. The van der Waals surface area contributed by atoms with Gasteiger partial charge in [-0.05, 0) is 12.1 Å². The van der Waals surface area contributed by atoms with Gasteiger partial charge in [0.2, 0.25) is 5.91 Å². The lowest BCUT2D eigenvalue weighted by Gasteiger charge is -2.25. The molecule has 0 radical (unpaired) electrons. The summed E-state index contributed by atoms with van der Waals surface area (Å²) < 4.78 is 5.29. The van der Waals surface area contributed by atoms with Gasteiger partial charge in [0.1, 0.15) is 0 Å². The quantitative estimate of drug-likeness (QED) is 0.609. The van der Waals surface area contributed by atoms with Crippen molar-refractivity contribution in [1.82, 2.24) is 4.90 Å². The number of amides is 1. The molecule has 0 atom stereocenters. The number of benzene rings is 1. The number of nitro groups is 1. The van der Waals surface area contributed by atoms with Crippen LogP contribution in [0.2, 0.25) is 0 Å². The molecule has 1 aromatic rings. The number of hydrogen-bond donors (Lipinski definition) is 0. The van der Waals surface area contributed by atoms with Gasteiger partial charge in [-0.25, -0.2) is 4.99 Å². The molecule has 23 heavy (non-hydrogen) atoms. The molecule has 0 saturated carbocycles. The number of thioether (sulfide) groups is 1. The topological polar surface area (TPSA) is 88.3 Å². The van der Waals surface area contributed by atoms with Crippen molar-refractivity contribution in [2.24, 2.45) is 4.99 Å². The highest BCUT2D eigenvalue weighted by Crippen LogP contribution is 2.28. The van der Waals surface area contributed by atoms with Gasteiger partial charge in [0.05, 0.1) is 36.2 Å². The van der Waals surface area contributed by atoms with E-state index in [1.807, 2.05) is 0 Å². The second kappa shape index (κ2) is 7.07. The number of amidine groups is 1. The third-order valence-electron chi connectivity index (χ3n) is 3.59. The van der Waals surface area contributed by atoms with Crippen molar-refractivity contribution in [3.05, 3.63) is 34.4 Å². The SMILES string of the molecule is O=C1CS/C(=N\CN2CCOCC2)N1c1ccc([N+](=O)[O-])cc1. The van der Waals surface area contributed by atoms with E-state index < -0.39 is 4.92 Å². The number of anilines is 1. The first kappa shape index (κ1) is 15.9. The monoisotopic (exact) mass is 336 g/mol. The molecule has 122 valence electrons. The second-order valence-corrected chi connectivity index (χ2v) is 6.05. The third kappa shape index (κ3) is 3.69. The maximum Gasteiger partial charge on any atom is 0.269 e. The van der Waals surface area contributed by atoms with Gasteiger partial charge in [-0.3, -0.25) is 24.7 Å². The Morgan fingerprint density at radius 1 is 1.26 bits per heavy atom. The molecule has 2 aliphatic rings. The molecule has 2 aliphatic heterocycles. The van der Waals surface area contributed by atoms with Gasteiger partial charge < -0.3 is 4.74 Å². The van der Waals surface area contributed by atoms with Crippen LogP contribution in [-0.4, -0.2) is 59.6 Å². The number of non-ortho nitro benzene ring substituents is 1. The number of nitrogens with zero attached hydrogens (tertiary/aromatic N) is 4. The van der Waals surface area contributed by atoms with Gasteiger partial charge in [-0.2, -0.15) is 0 Å². The summed E-state index contributed by atoms with van der Waals surface area (Å²) in [6, 6.07) is 5.94. The first-order valence-electron chi connectivity index (χ1n) is 7.20. The first-order valence-corrected chi connectivity index (χ1v) is 8.18. The Hall–Kier alpha value is -1.97. The van der Waals surface area contributed by atoms with Gasteiger partial charge in [0.25, 0.3) is 5.69 Å². The molecule has 2 fully saturated rings. The molecule has 8 nitrogen and oxygen atoms in total. The van der Waals surface area contributed by atoms with E-state index in [9.17, 15) is 14.9 Å². The molecule has 0 N–H and O–H groups in total. The molecular formula is C14H16N4O4S. The first-order chi connectivity index (χ1) is 11.1. The lowest BCUT2D eigenvalue weighted by molar-refractivity contribution is -0.384. The maximum atomic E-state index is 12.1. The third-order valence-corrected chi connectivity index (χ3v) is 4.55. The minimum Gasteiger partial charge on any atom is -0.379 e. The fourth-order valence-electron chi connectivity index (χ4n) is 2.36. The largest absolute Gasteiger partial charge is 0.379 e. The normalized spacial score (nSPS) is 21.1. The summed E-state index contributed by atoms with van der Waals surface area (Å²) in [6.07, 6.45) is 0. The van der Waals surface area contributed by atoms with E-state index in [4.69, 9.17) is 4.74 Å². The minimum absolute atomic E-state index is 0.000135. The van der Waals surface area contributed by atoms with Crippen LogP contribution < -0.4 is 4.90 Å². The average Bonchev–Trinajstić information content (AvgIpc) is 2.95. The minimum atomic E-state index is -0.461. The Labute approximate surface area is 137 Å². The molecule has 0 aliphatic carbocycles. The molecule has 1 aromatic carbocycles. The van der Waals surface area contributed by atoms with Crippen molar-refractivity contribution in [2.45, 2.75) is 0 Å². The molecule has 0 bridgehead atoms. The van der Waals surface area contributed by atoms with Crippen LogP contribution in [0.15, 0.2) is 29.3 Å². The van der Waals surface area contributed by atoms with Gasteiger partial charge in [0, 0.05) is 25.2 Å². The Bertz CT molecular complexity index is 628. The van der Waals surface area contributed by atoms with E-state index in [1.165, 1.54) is 28.8 Å². The lowest BCUT2D eigenvalue weighted by Crippen LogP contribution is -2.37. The van der Waals surface area contributed by atoms with E-state index in [1.54, 1.807) is 12.1 Å². The van der Waals surface area contributed by atoms with Crippen LogP contribution in [0, 0.1) is 10.1 Å². The summed E-state index contributed by atoms with van der Waals surface area (Å²) in [5, 5.41) is 11.4. The number of carbonyl (C=O) groups is 1. The summed E-state index contributed by atoms with van der Waals surface area (Å²) in [5.74, 6) is 0.267. The number of rotatable bonds is 4. The maximum absolute atomic E-state index is 12.1. The summed E-state index contributed by atoms with van der Waals surface area (Å²) >= 11 is 1.39. The fourth-order valence-corrected chi connectivity index (χ4v) is 3.23. The highest BCUT2D eigenvalue weighted by molar-refractivity contribution is 8.15. The van der Waals surface area contributed by atoms with E-state index in [2.05, 4.69) is 9.89 Å². The number of hydrogen-bond acceptors (Lipinski definition) is 7. The zero-order chi connectivity index (χ0) is 16.2. The molecule has 0 spiro atoms. The summed E-state index contributed by atoms with van der Waals surface area (Å²) in [5.41, 5.74) is 0.603. The molecule has 2 heterocycles. The molecule has 9 heteroatoms. The standard InChI is InChI=1S/C14H16N4O4S/c19-13-9-23-14(15-10-16-5-7-22-8-6-16)17(13)11-1-3-12(4-2-11)18(20)21/h1-4H,5-10H2/b15-14-. The average molecular weight is 336 g/mol. The van der Waals surface area contributed by atoms with Crippen LogP contribution in [-0.2, 0) is 9.53 Å². The Morgan fingerprint density at radius 3 is 2.61 bits per heavy atom. The van der Waals surface area contributed by atoms with E-state index >= 15 is 0 Å². The molecule has 1 amide bonds. The van der Waals surface area contributed by atoms with E-state index in [-0.39, 0.29) is 11.6 Å². The highest BCUT2D eigenvalue weighted by atomic mass is 32.2. The molecule has 0 unspecified atom stereocenters. The van der Waals surface area contributed by atoms with Crippen LogP contribution in [0.5, 0.6) is 0 Å². The highest BCUT2D eigenvalue weighted by Gasteiger charge is 2.30. The predicted octanol–water partition coefficient (Wildman–Crippen LogP) is 1.32. The van der Waals surface area contributed by atoms with Crippen LogP contribution >= 0.6 is 11.8 Å². The number of carbonyl (C=O) groups excluding carboxylic acids is 1. The van der Waals surface area contributed by atoms with Crippen LogP contribution in [0.3, 0.4) is 0 Å². The summed E-state index contributed by atoms with van der Waals surface area (Å²) in [6.45, 7) is 3.56. The van der Waals surface area contributed by atoms with Crippen LogP contribution in [0.4, 0.5) is 11.4 Å². The van der Waals surface area contributed by atoms with Crippen molar-refractivity contribution >= 4 is 34.2 Å². The number of ether oxygens (including phenoxy) is 1. The van der Waals surface area contributed by atoms with Crippen molar-refractivity contribution in [1.29, 1.82) is 0 Å². The zero-order valence-corrected chi connectivity index (χ0v) is 13.2. The van der Waals surface area contributed by atoms with Crippen molar-refractivity contribution in [3.63, 3.8) is 0 Å². The number of morpholine rings is 1. The summed E-state index contributed by atoms with van der Waals surface area (Å²) in [4.78, 5) is 30.6. The molecule has 0 aromatic heterocycles. The lowest BCUT2D eigenvalue weighted by atomic mass is 10.2. The number of aliphatic imine (C=N–C) groups is 1. The Morgan fingerprint density at radius 2 is 1.96 bits per heavy atom. The zero-order valence-electron chi connectivity index (χ0n) is 12.4. The van der Waals surface area contributed by atoms with Gasteiger partial charge in [-0.15, -0.1) is 0 Å². The smallest absolute Gasteiger partial charge is 0.269 e. The van der Waals surface area contributed by atoms with Crippen molar-refractivity contribution < 1.29 is 14.5 Å². The Kier molecular flexibility index (Phi) is 4.89. The Balaban J connectivity index is 1.74. The van der Waals surface area contributed by atoms with Gasteiger partial charge in [0.15, 0.2) is 5.17 Å². The van der Waals surface area contributed by atoms with Gasteiger partial charge in [-0.1, -0.05) is 11.8 Å². The fraction of sp³-hybridized carbons (Fsp3) is 0.429. The van der Waals surface area contributed by atoms with E-state index in [0.29, 0.717) is 36.5 Å². The molecule has 2 saturated heterocycles. The van der Waals surface area contributed by atoms with Crippen LogP contribution in [0.1, 0.15) is 0 Å². The predicted molar refractivity (Wildman–Crippen MR) is 87.7 cm³/mol. The van der Waals surface area contributed by atoms with Gasteiger partial charge >= 0.3 is 0 Å². The van der Waals surface area contributed by atoms with Crippen molar-refractivity contribution in [3.8, 4) is 0 Å². The number of nitro benzene ring substituents is 1. The van der Waals surface area contributed by atoms with E-state index in [0.717, 1.165) is 13.1 Å². The molecule has 3 rings (SSSR count). The van der Waals surface area contributed by atoms with Crippen LogP contribution in [0.25, 0.3) is 0 Å². The second-order valence-electron chi connectivity index (χ2n) is 5.10. The molecular weight excluding hydrogens is 320 g/mol.